The predicted molar refractivity (Wildman–Crippen MR) is 87.4 cm³/mol. The molecule has 0 saturated carbocycles. The first kappa shape index (κ1) is 19.2. The molecule has 2 N–H and O–H groups in total. The van der Waals surface area contributed by atoms with Crippen molar-refractivity contribution in [3.8, 4) is 0 Å². The van der Waals surface area contributed by atoms with E-state index in [-0.39, 0.29) is 28.8 Å². The first-order valence-electron chi connectivity index (χ1n) is 6.99. The number of ether oxygens (including phenoxy) is 1. The fourth-order valence-corrected chi connectivity index (χ4v) is 2.82. The highest BCUT2D eigenvalue weighted by Gasteiger charge is 2.32. The van der Waals surface area contributed by atoms with Crippen LogP contribution in [0.25, 0.3) is 0 Å². The molecule has 0 spiro atoms. The molecule has 2 rings (SSSR count). The average Bonchev–Trinajstić information content (AvgIpc) is 2.49. The first-order chi connectivity index (χ1) is 10.1. The summed E-state index contributed by atoms with van der Waals surface area (Å²) in [5, 5.41) is 6.17. The SMILES string of the molecule is COCC1(CNC(=O)c2ccc(F)c(Cl)c2)CCNCC1.Cl. The van der Waals surface area contributed by atoms with Crippen LogP contribution in [-0.2, 0) is 4.74 Å². The van der Waals surface area contributed by atoms with Crippen LogP contribution in [0, 0.1) is 11.2 Å². The molecule has 0 unspecified atom stereocenters. The number of piperidine rings is 1. The number of nitrogens with one attached hydrogen (secondary N) is 2. The lowest BCUT2D eigenvalue weighted by Gasteiger charge is -2.37. The molecule has 1 aromatic rings. The molecular weight excluding hydrogens is 330 g/mol. The Kier molecular flexibility index (Phi) is 7.56. The second kappa shape index (κ2) is 8.67. The minimum atomic E-state index is -0.526. The van der Waals surface area contributed by atoms with Crippen LogP contribution in [0.2, 0.25) is 5.02 Å². The van der Waals surface area contributed by atoms with Crippen molar-refractivity contribution in [2.45, 2.75) is 12.8 Å². The Labute approximate surface area is 141 Å². The summed E-state index contributed by atoms with van der Waals surface area (Å²) in [5.41, 5.74) is 0.322. The lowest BCUT2D eigenvalue weighted by atomic mass is 9.79. The van der Waals surface area contributed by atoms with Gasteiger partial charge in [-0.1, -0.05) is 11.6 Å². The van der Waals surface area contributed by atoms with Gasteiger partial charge in [-0.15, -0.1) is 12.4 Å². The van der Waals surface area contributed by atoms with Crippen LogP contribution in [0.5, 0.6) is 0 Å². The largest absolute Gasteiger partial charge is 0.384 e. The molecule has 1 aliphatic heterocycles. The average molecular weight is 351 g/mol. The third-order valence-electron chi connectivity index (χ3n) is 3.92. The van der Waals surface area contributed by atoms with Crippen molar-refractivity contribution in [1.82, 2.24) is 10.6 Å². The summed E-state index contributed by atoms with van der Waals surface area (Å²) in [4.78, 5) is 12.1. The van der Waals surface area contributed by atoms with E-state index in [0.29, 0.717) is 18.7 Å². The molecule has 124 valence electrons. The third kappa shape index (κ3) is 4.81. The summed E-state index contributed by atoms with van der Waals surface area (Å²) >= 11 is 5.70. The predicted octanol–water partition coefficient (Wildman–Crippen LogP) is 2.65. The number of halogens is 3. The van der Waals surface area contributed by atoms with Crippen molar-refractivity contribution in [3.63, 3.8) is 0 Å². The number of carbonyl (C=O) groups is 1. The normalized spacial score (nSPS) is 16.7. The molecule has 0 atom stereocenters. The van der Waals surface area contributed by atoms with E-state index in [4.69, 9.17) is 16.3 Å². The zero-order chi connectivity index (χ0) is 15.3. The minimum absolute atomic E-state index is 0. The molecule has 0 radical (unpaired) electrons. The number of hydrogen-bond acceptors (Lipinski definition) is 3. The molecule has 1 amide bonds. The Hall–Kier alpha value is -0.880. The summed E-state index contributed by atoms with van der Waals surface area (Å²) in [6.45, 7) is 2.98. The maximum atomic E-state index is 13.1. The zero-order valence-corrected chi connectivity index (χ0v) is 14.0. The Morgan fingerprint density at radius 2 is 2.14 bits per heavy atom. The van der Waals surface area contributed by atoms with Crippen molar-refractivity contribution in [1.29, 1.82) is 0 Å². The summed E-state index contributed by atoms with van der Waals surface area (Å²) in [6, 6.07) is 3.98. The van der Waals surface area contributed by atoms with Crippen molar-refractivity contribution in [3.05, 3.63) is 34.6 Å². The number of amides is 1. The molecule has 0 aliphatic carbocycles. The van der Waals surface area contributed by atoms with Gasteiger partial charge in [-0.25, -0.2) is 4.39 Å². The molecule has 7 heteroatoms. The molecule has 1 aliphatic rings. The first-order valence-corrected chi connectivity index (χ1v) is 7.37. The number of carbonyl (C=O) groups excluding carboxylic acids is 1. The zero-order valence-electron chi connectivity index (χ0n) is 12.5. The van der Waals surface area contributed by atoms with Gasteiger partial charge in [0.2, 0.25) is 0 Å². The summed E-state index contributed by atoms with van der Waals surface area (Å²) in [5.74, 6) is -0.770. The van der Waals surface area contributed by atoms with Crippen molar-refractivity contribution in [2.75, 3.05) is 33.4 Å². The molecule has 1 aromatic carbocycles. The van der Waals surface area contributed by atoms with Gasteiger partial charge in [0.1, 0.15) is 5.82 Å². The van der Waals surface area contributed by atoms with Gasteiger partial charge in [-0.2, -0.15) is 0 Å². The van der Waals surface area contributed by atoms with E-state index in [1.807, 2.05) is 0 Å². The second-order valence-electron chi connectivity index (χ2n) is 5.49. The van der Waals surface area contributed by atoms with Gasteiger partial charge in [0.25, 0.3) is 5.91 Å². The van der Waals surface area contributed by atoms with Crippen LogP contribution in [0.15, 0.2) is 18.2 Å². The summed E-state index contributed by atoms with van der Waals surface area (Å²) < 4.78 is 18.4. The molecular formula is C15H21Cl2FN2O2. The number of benzene rings is 1. The molecule has 1 fully saturated rings. The van der Waals surface area contributed by atoms with Crippen molar-refractivity contribution >= 4 is 29.9 Å². The van der Waals surface area contributed by atoms with Gasteiger partial charge in [-0.05, 0) is 44.1 Å². The van der Waals surface area contributed by atoms with Crippen LogP contribution >= 0.6 is 24.0 Å². The fourth-order valence-electron chi connectivity index (χ4n) is 2.64. The van der Waals surface area contributed by atoms with Crippen LogP contribution in [-0.4, -0.2) is 39.3 Å². The van der Waals surface area contributed by atoms with Gasteiger partial charge in [0, 0.05) is 24.6 Å². The number of rotatable bonds is 5. The molecule has 0 aromatic heterocycles. The van der Waals surface area contributed by atoms with E-state index in [9.17, 15) is 9.18 Å². The van der Waals surface area contributed by atoms with Gasteiger partial charge in [0.15, 0.2) is 0 Å². The van der Waals surface area contributed by atoms with Crippen LogP contribution in [0.4, 0.5) is 4.39 Å². The number of methoxy groups -OCH3 is 1. The Balaban J connectivity index is 0.00000242. The Morgan fingerprint density at radius 1 is 1.45 bits per heavy atom. The van der Waals surface area contributed by atoms with E-state index in [0.717, 1.165) is 25.9 Å². The Bertz CT molecular complexity index is 503. The maximum absolute atomic E-state index is 13.1. The van der Waals surface area contributed by atoms with Crippen LogP contribution in [0.3, 0.4) is 0 Å². The standard InChI is InChI=1S/C15H20ClFN2O2.ClH/c1-21-10-15(4-6-18-7-5-15)9-19-14(20)11-2-3-13(17)12(16)8-11;/h2-3,8,18H,4-7,9-10H2,1H3,(H,19,20);1H. The second-order valence-corrected chi connectivity index (χ2v) is 5.90. The van der Waals surface area contributed by atoms with Gasteiger partial charge in [-0.3, -0.25) is 4.79 Å². The highest BCUT2D eigenvalue weighted by Crippen LogP contribution is 2.28. The van der Waals surface area contributed by atoms with E-state index in [2.05, 4.69) is 10.6 Å². The van der Waals surface area contributed by atoms with Crippen LogP contribution in [0.1, 0.15) is 23.2 Å². The smallest absolute Gasteiger partial charge is 0.251 e. The van der Waals surface area contributed by atoms with Gasteiger partial charge in [0.05, 0.1) is 11.6 Å². The van der Waals surface area contributed by atoms with E-state index in [1.54, 1.807) is 7.11 Å². The third-order valence-corrected chi connectivity index (χ3v) is 4.21. The highest BCUT2D eigenvalue weighted by atomic mass is 35.5. The van der Waals surface area contributed by atoms with E-state index < -0.39 is 5.82 Å². The van der Waals surface area contributed by atoms with Crippen LogP contribution < -0.4 is 10.6 Å². The quantitative estimate of drug-likeness (QED) is 0.858. The molecule has 0 bridgehead atoms. The summed E-state index contributed by atoms with van der Waals surface area (Å²) in [6.07, 6.45) is 1.90. The van der Waals surface area contributed by atoms with Crippen molar-refractivity contribution in [2.24, 2.45) is 5.41 Å². The minimum Gasteiger partial charge on any atom is -0.384 e. The molecule has 1 saturated heterocycles. The maximum Gasteiger partial charge on any atom is 0.251 e. The summed E-state index contributed by atoms with van der Waals surface area (Å²) in [7, 11) is 1.67. The van der Waals surface area contributed by atoms with Gasteiger partial charge >= 0.3 is 0 Å². The topological polar surface area (TPSA) is 50.4 Å². The monoisotopic (exact) mass is 350 g/mol. The lowest BCUT2D eigenvalue weighted by Crippen LogP contribution is -2.47. The molecule has 4 nitrogen and oxygen atoms in total. The van der Waals surface area contributed by atoms with E-state index >= 15 is 0 Å². The fraction of sp³-hybridized carbons (Fsp3) is 0.533. The van der Waals surface area contributed by atoms with Gasteiger partial charge < -0.3 is 15.4 Å². The highest BCUT2D eigenvalue weighted by molar-refractivity contribution is 6.31. The lowest BCUT2D eigenvalue weighted by molar-refractivity contribution is 0.0512. The van der Waals surface area contributed by atoms with Crippen molar-refractivity contribution < 1.29 is 13.9 Å². The molecule has 1 heterocycles. The number of hydrogen-bond donors (Lipinski definition) is 2. The Morgan fingerprint density at radius 3 is 2.73 bits per heavy atom. The van der Waals surface area contributed by atoms with E-state index in [1.165, 1.54) is 18.2 Å². The molecule has 22 heavy (non-hydrogen) atoms.